The molecule has 0 spiro atoms. The number of benzene rings is 1. The molecule has 19 heavy (non-hydrogen) atoms. The fourth-order valence-corrected chi connectivity index (χ4v) is 4.22. The van der Waals surface area contributed by atoms with E-state index in [-0.39, 0.29) is 12.4 Å². The Morgan fingerprint density at radius 2 is 2.05 bits per heavy atom. The first kappa shape index (κ1) is 14.8. The van der Waals surface area contributed by atoms with Gasteiger partial charge in [-0.25, -0.2) is 0 Å². The zero-order valence-electron chi connectivity index (χ0n) is 11.7. The van der Waals surface area contributed by atoms with Crippen LogP contribution in [0.2, 0.25) is 0 Å². The number of nitrogens with one attached hydrogen (secondary N) is 2. The second kappa shape index (κ2) is 5.78. The lowest BCUT2D eigenvalue weighted by Crippen LogP contribution is -2.20. The molecule has 1 unspecified atom stereocenters. The van der Waals surface area contributed by atoms with Crippen molar-refractivity contribution >= 4 is 35.1 Å². The van der Waals surface area contributed by atoms with E-state index in [4.69, 9.17) is 0 Å². The summed E-state index contributed by atoms with van der Waals surface area (Å²) in [5, 5.41) is 6.21. The molecule has 1 aromatic carbocycles. The fourth-order valence-electron chi connectivity index (χ4n) is 3.02. The first-order valence-electron chi connectivity index (χ1n) is 6.61. The predicted molar refractivity (Wildman–Crippen MR) is 87.0 cm³/mol. The minimum Gasteiger partial charge on any atom is -0.349 e. The molecule has 0 amide bonds. The molecule has 0 saturated carbocycles. The molecule has 2 aromatic rings. The van der Waals surface area contributed by atoms with E-state index in [0.29, 0.717) is 5.92 Å². The van der Waals surface area contributed by atoms with Gasteiger partial charge in [-0.1, -0.05) is 12.1 Å². The van der Waals surface area contributed by atoms with Crippen molar-refractivity contribution < 1.29 is 0 Å². The average molecular weight is 297 g/mol. The van der Waals surface area contributed by atoms with Gasteiger partial charge in [-0.3, -0.25) is 0 Å². The molecule has 2 heterocycles. The molecule has 0 radical (unpaired) electrons. The number of halogens is 1. The molecule has 104 valence electrons. The number of H-pyrrole nitrogens is 1. The summed E-state index contributed by atoms with van der Waals surface area (Å²) >= 11 is 1.98. The van der Waals surface area contributed by atoms with E-state index in [9.17, 15) is 0 Å². The first-order valence-corrected chi connectivity index (χ1v) is 7.60. The summed E-state index contributed by atoms with van der Waals surface area (Å²) in [6.45, 7) is 5.50. The quantitative estimate of drug-likeness (QED) is 0.876. The minimum atomic E-state index is 0. The van der Waals surface area contributed by atoms with Crippen molar-refractivity contribution in [3.8, 4) is 0 Å². The maximum Gasteiger partial charge on any atom is 0.0768 e. The Balaban J connectivity index is 0.00000133. The Morgan fingerprint density at radius 3 is 2.79 bits per heavy atom. The number of aryl methyl sites for hydroxylation is 2. The number of aromatic nitrogens is 1. The van der Waals surface area contributed by atoms with Gasteiger partial charge in [-0.15, -0.1) is 24.2 Å². The highest BCUT2D eigenvalue weighted by Gasteiger charge is 2.25. The Labute approximate surface area is 125 Å². The fraction of sp³-hybridized carbons (Fsp3) is 0.467. The number of aromatic amines is 1. The van der Waals surface area contributed by atoms with Crippen molar-refractivity contribution in [1.82, 2.24) is 10.3 Å². The predicted octanol–water partition coefficient (Wildman–Crippen LogP) is 4.01. The minimum absolute atomic E-state index is 0. The molecule has 3 rings (SSSR count). The monoisotopic (exact) mass is 296 g/mol. The molecule has 0 saturated heterocycles. The molecule has 2 nitrogen and oxygen atoms in total. The smallest absolute Gasteiger partial charge is 0.0768 e. The van der Waals surface area contributed by atoms with Crippen LogP contribution in [0.25, 0.3) is 10.9 Å². The second-order valence-electron chi connectivity index (χ2n) is 5.21. The van der Waals surface area contributed by atoms with Gasteiger partial charge < -0.3 is 10.3 Å². The van der Waals surface area contributed by atoms with Gasteiger partial charge in [0.2, 0.25) is 0 Å². The van der Waals surface area contributed by atoms with Crippen molar-refractivity contribution in [3.05, 3.63) is 28.8 Å². The van der Waals surface area contributed by atoms with Crippen molar-refractivity contribution in [2.24, 2.45) is 0 Å². The number of rotatable bonds is 2. The van der Waals surface area contributed by atoms with Gasteiger partial charge in [0.1, 0.15) is 0 Å². The summed E-state index contributed by atoms with van der Waals surface area (Å²) in [5.41, 5.74) is 5.65. The number of likely N-dealkylation sites (N-methyl/N-ethyl adjacent to an activating group) is 1. The molecule has 1 aliphatic heterocycles. The summed E-state index contributed by atoms with van der Waals surface area (Å²) < 4.78 is 0. The normalized spacial score (nSPS) is 18.2. The maximum absolute atomic E-state index is 3.65. The molecule has 0 fully saturated rings. The van der Waals surface area contributed by atoms with E-state index in [2.05, 4.69) is 36.3 Å². The van der Waals surface area contributed by atoms with E-state index in [0.717, 1.165) is 6.54 Å². The number of thioether (sulfide) groups is 1. The lowest BCUT2D eigenvalue weighted by Gasteiger charge is -2.22. The number of hydrogen-bond donors (Lipinski definition) is 2. The van der Waals surface area contributed by atoms with Crippen LogP contribution in [0.15, 0.2) is 17.2 Å². The van der Waals surface area contributed by atoms with Gasteiger partial charge in [-0.2, -0.15) is 0 Å². The van der Waals surface area contributed by atoms with Crippen LogP contribution in [0, 0.1) is 13.8 Å². The lowest BCUT2D eigenvalue weighted by molar-refractivity contribution is 0.602. The highest BCUT2D eigenvalue weighted by molar-refractivity contribution is 7.99. The second-order valence-corrected chi connectivity index (χ2v) is 6.31. The standard InChI is InChI=1S/C15H20N2S.ClH/c1-9-4-5-10(2)14-12(9)13-11(8-16-3)6-7-18-15(13)17-14;/h4-5,11,16-17H,6-8H2,1-3H3;1H. The summed E-state index contributed by atoms with van der Waals surface area (Å²) in [6, 6.07) is 4.47. The molecule has 4 heteroatoms. The lowest BCUT2D eigenvalue weighted by atomic mass is 9.93. The van der Waals surface area contributed by atoms with E-state index < -0.39 is 0 Å². The van der Waals surface area contributed by atoms with Gasteiger partial charge >= 0.3 is 0 Å². The summed E-state index contributed by atoms with van der Waals surface area (Å²) in [4.78, 5) is 3.65. The zero-order chi connectivity index (χ0) is 12.7. The van der Waals surface area contributed by atoms with E-state index in [1.54, 1.807) is 5.56 Å². The molecule has 1 atom stereocenters. The number of fused-ring (bicyclic) bond motifs is 3. The summed E-state index contributed by atoms with van der Waals surface area (Å²) in [6.07, 6.45) is 1.28. The largest absolute Gasteiger partial charge is 0.349 e. The van der Waals surface area contributed by atoms with Crippen LogP contribution in [-0.2, 0) is 0 Å². The van der Waals surface area contributed by atoms with E-state index in [1.165, 1.54) is 39.2 Å². The molecular weight excluding hydrogens is 276 g/mol. The van der Waals surface area contributed by atoms with Crippen molar-refractivity contribution in [1.29, 1.82) is 0 Å². The third kappa shape index (κ3) is 2.39. The van der Waals surface area contributed by atoms with Crippen LogP contribution in [-0.4, -0.2) is 24.3 Å². The van der Waals surface area contributed by atoms with Crippen LogP contribution in [0.4, 0.5) is 0 Å². The SMILES string of the molecule is CNCC1CCSc2[nH]c3c(C)ccc(C)c3c21.Cl. The molecule has 1 aliphatic rings. The van der Waals surface area contributed by atoms with Gasteiger partial charge in [0.25, 0.3) is 0 Å². The Morgan fingerprint density at radius 1 is 1.32 bits per heavy atom. The molecule has 2 N–H and O–H groups in total. The maximum atomic E-state index is 3.65. The third-order valence-electron chi connectivity index (χ3n) is 3.95. The van der Waals surface area contributed by atoms with Crippen LogP contribution in [0.5, 0.6) is 0 Å². The number of hydrogen-bond acceptors (Lipinski definition) is 2. The molecular formula is C15H21ClN2S. The van der Waals surface area contributed by atoms with Gasteiger partial charge in [-0.05, 0) is 44.0 Å². The Kier molecular flexibility index (Phi) is 4.49. The van der Waals surface area contributed by atoms with Crippen LogP contribution in [0.3, 0.4) is 0 Å². The van der Waals surface area contributed by atoms with E-state index in [1.807, 2.05) is 18.8 Å². The van der Waals surface area contributed by atoms with E-state index >= 15 is 0 Å². The third-order valence-corrected chi connectivity index (χ3v) is 5.00. The van der Waals surface area contributed by atoms with Crippen molar-refractivity contribution in [2.75, 3.05) is 19.3 Å². The Hall–Kier alpha value is -0.640. The average Bonchev–Trinajstić information content (AvgIpc) is 2.76. The highest BCUT2D eigenvalue weighted by Crippen LogP contribution is 2.43. The van der Waals surface area contributed by atoms with Crippen molar-refractivity contribution in [2.45, 2.75) is 31.2 Å². The molecule has 0 aliphatic carbocycles. The van der Waals surface area contributed by atoms with Crippen LogP contribution < -0.4 is 5.32 Å². The summed E-state index contributed by atoms with van der Waals surface area (Å²) in [5.74, 6) is 1.88. The Bertz CT molecular complexity index is 591. The van der Waals surface area contributed by atoms with Crippen LogP contribution >= 0.6 is 24.2 Å². The highest BCUT2D eigenvalue weighted by atomic mass is 35.5. The van der Waals surface area contributed by atoms with Gasteiger partial charge in [0.15, 0.2) is 0 Å². The molecule has 0 bridgehead atoms. The van der Waals surface area contributed by atoms with Gasteiger partial charge in [0, 0.05) is 29.1 Å². The molecule has 1 aromatic heterocycles. The van der Waals surface area contributed by atoms with Gasteiger partial charge in [0.05, 0.1) is 5.03 Å². The topological polar surface area (TPSA) is 27.8 Å². The zero-order valence-corrected chi connectivity index (χ0v) is 13.3. The van der Waals surface area contributed by atoms with Crippen LogP contribution in [0.1, 0.15) is 29.0 Å². The first-order chi connectivity index (χ1) is 8.72. The summed E-state index contributed by atoms with van der Waals surface area (Å²) in [7, 11) is 2.05. The van der Waals surface area contributed by atoms with Crippen molar-refractivity contribution in [3.63, 3.8) is 0 Å².